The maximum atomic E-state index is 13.1. The number of hydrogen-bond acceptors (Lipinski definition) is 2. The van der Waals surface area contributed by atoms with E-state index in [2.05, 4.69) is 19.2 Å². The number of carbonyl (C=O) groups excluding carboxylic acids is 1. The van der Waals surface area contributed by atoms with Crippen molar-refractivity contribution in [2.45, 2.75) is 39.2 Å². The van der Waals surface area contributed by atoms with Crippen molar-refractivity contribution in [1.29, 1.82) is 0 Å². The van der Waals surface area contributed by atoms with Gasteiger partial charge in [-0.1, -0.05) is 20.3 Å². The van der Waals surface area contributed by atoms with E-state index in [0.29, 0.717) is 0 Å². The number of amides is 1. The van der Waals surface area contributed by atoms with Crippen LogP contribution >= 0.6 is 0 Å². The Bertz CT molecular complexity index is 471. The molecule has 2 rings (SSSR count). The molecule has 18 heavy (non-hydrogen) atoms. The van der Waals surface area contributed by atoms with Crippen molar-refractivity contribution in [2.75, 3.05) is 0 Å². The first-order chi connectivity index (χ1) is 8.40. The van der Waals surface area contributed by atoms with Gasteiger partial charge in [-0.15, -0.1) is 0 Å². The molecule has 1 aliphatic carbocycles. The third-order valence-electron chi connectivity index (χ3n) is 3.77. The Hall–Kier alpha value is -1.58. The zero-order valence-corrected chi connectivity index (χ0v) is 10.7. The number of carbonyl (C=O) groups is 1. The summed E-state index contributed by atoms with van der Waals surface area (Å²) in [6.07, 6.45) is 3.06. The van der Waals surface area contributed by atoms with E-state index in [1.54, 1.807) is 0 Å². The molecule has 0 radical (unpaired) electrons. The standard InChI is InChI=1S/C14H18FNO2/c1-14(2)7-3-4-12(14)16-13(18)10-8-9(15)5-6-11(10)17/h5-6,8,12,17H,3-4,7H2,1-2H3,(H,16,18). The van der Waals surface area contributed by atoms with Crippen LogP contribution in [0.4, 0.5) is 4.39 Å². The molecule has 98 valence electrons. The Labute approximate surface area is 106 Å². The molecule has 4 heteroatoms. The number of rotatable bonds is 2. The molecule has 0 bridgehead atoms. The van der Waals surface area contributed by atoms with Crippen LogP contribution in [0, 0.1) is 11.2 Å². The first-order valence-electron chi connectivity index (χ1n) is 6.19. The van der Waals surface area contributed by atoms with Gasteiger partial charge >= 0.3 is 0 Å². The summed E-state index contributed by atoms with van der Waals surface area (Å²) in [5.41, 5.74) is 0.0520. The fourth-order valence-corrected chi connectivity index (χ4v) is 2.52. The second kappa shape index (κ2) is 4.59. The average molecular weight is 251 g/mol. The van der Waals surface area contributed by atoms with E-state index in [-0.39, 0.29) is 22.8 Å². The summed E-state index contributed by atoms with van der Waals surface area (Å²) in [4.78, 5) is 12.0. The molecule has 3 nitrogen and oxygen atoms in total. The largest absolute Gasteiger partial charge is 0.507 e. The van der Waals surface area contributed by atoms with Gasteiger partial charge in [0.25, 0.3) is 5.91 Å². The van der Waals surface area contributed by atoms with Crippen LogP contribution in [0.2, 0.25) is 0 Å². The van der Waals surface area contributed by atoms with E-state index in [1.807, 2.05) is 0 Å². The number of phenols is 1. The van der Waals surface area contributed by atoms with Crippen molar-refractivity contribution in [3.05, 3.63) is 29.6 Å². The fourth-order valence-electron chi connectivity index (χ4n) is 2.52. The molecule has 1 aromatic carbocycles. The molecule has 2 N–H and O–H groups in total. The predicted octanol–water partition coefficient (Wildman–Crippen LogP) is 2.84. The molecule has 1 saturated carbocycles. The number of aromatic hydroxyl groups is 1. The summed E-state index contributed by atoms with van der Waals surface area (Å²) in [6.45, 7) is 4.22. The lowest BCUT2D eigenvalue weighted by atomic mass is 9.87. The molecular weight excluding hydrogens is 233 g/mol. The molecule has 1 unspecified atom stereocenters. The number of hydrogen-bond donors (Lipinski definition) is 2. The van der Waals surface area contributed by atoms with Gasteiger partial charge in [-0.25, -0.2) is 4.39 Å². The van der Waals surface area contributed by atoms with Gasteiger partial charge in [0.2, 0.25) is 0 Å². The molecule has 0 aliphatic heterocycles. The zero-order chi connectivity index (χ0) is 13.3. The second-order valence-electron chi connectivity index (χ2n) is 5.57. The van der Waals surface area contributed by atoms with E-state index in [0.717, 1.165) is 31.4 Å². The molecular formula is C14H18FNO2. The summed E-state index contributed by atoms with van der Waals surface area (Å²) < 4.78 is 13.1. The van der Waals surface area contributed by atoms with E-state index in [1.165, 1.54) is 6.07 Å². The van der Waals surface area contributed by atoms with Crippen LogP contribution in [0.1, 0.15) is 43.5 Å². The van der Waals surface area contributed by atoms with Crippen molar-refractivity contribution >= 4 is 5.91 Å². The summed E-state index contributed by atoms with van der Waals surface area (Å²) >= 11 is 0. The highest BCUT2D eigenvalue weighted by atomic mass is 19.1. The van der Waals surface area contributed by atoms with Crippen LogP contribution in [0.25, 0.3) is 0 Å². The molecule has 1 atom stereocenters. The van der Waals surface area contributed by atoms with Gasteiger partial charge < -0.3 is 10.4 Å². The molecule has 0 heterocycles. The third-order valence-corrected chi connectivity index (χ3v) is 3.77. The summed E-state index contributed by atoms with van der Waals surface area (Å²) in [7, 11) is 0. The van der Waals surface area contributed by atoms with Gasteiger partial charge in [-0.2, -0.15) is 0 Å². The number of benzene rings is 1. The Morgan fingerprint density at radius 3 is 2.83 bits per heavy atom. The fraction of sp³-hybridized carbons (Fsp3) is 0.500. The van der Waals surface area contributed by atoms with Gasteiger partial charge in [-0.05, 0) is 36.5 Å². The van der Waals surface area contributed by atoms with Crippen LogP contribution in [-0.4, -0.2) is 17.1 Å². The summed E-state index contributed by atoms with van der Waals surface area (Å²) in [5, 5.41) is 12.5. The lowest BCUT2D eigenvalue weighted by Crippen LogP contribution is -2.41. The van der Waals surface area contributed by atoms with Crippen LogP contribution in [0.5, 0.6) is 5.75 Å². The van der Waals surface area contributed by atoms with Gasteiger partial charge in [-0.3, -0.25) is 4.79 Å². The van der Waals surface area contributed by atoms with Gasteiger partial charge in [0, 0.05) is 6.04 Å². The molecule has 0 aromatic heterocycles. The average Bonchev–Trinajstić information content (AvgIpc) is 2.62. The summed E-state index contributed by atoms with van der Waals surface area (Å²) in [6, 6.07) is 3.47. The van der Waals surface area contributed by atoms with Gasteiger partial charge in [0.05, 0.1) is 5.56 Å². The van der Waals surface area contributed by atoms with Crippen molar-refractivity contribution in [1.82, 2.24) is 5.32 Å². The Balaban J connectivity index is 2.15. The highest BCUT2D eigenvalue weighted by Gasteiger charge is 2.35. The highest BCUT2D eigenvalue weighted by molar-refractivity contribution is 5.97. The highest BCUT2D eigenvalue weighted by Crippen LogP contribution is 2.37. The molecule has 1 aliphatic rings. The van der Waals surface area contributed by atoms with Crippen molar-refractivity contribution in [3.8, 4) is 5.75 Å². The van der Waals surface area contributed by atoms with Crippen LogP contribution in [-0.2, 0) is 0 Å². The predicted molar refractivity (Wildman–Crippen MR) is 67.0 cm³/mol. The first-order valence-corrected chi connectivity index (χ1v) is 6.19. The Morgan fingerprint density at radius 1 is 1.50 bits per heavy atom. The SMILES string of the molecule is CC1(C)CCCC1NC(=O)c1cc(F)ccc1O. The van der Waals surface area contributed by atoms with E-state index in [4.69, 9.17) is 0 Å². The molecule has 1 amide bonds. The molecule has 0 saturated heterocycles. The molecule has 0 spiro atoms. The number of halogens is 1. The van der Waals surface area contributed by atoms with E-state index in [9.17, 15) is 14.3 Å². The number of nitrogens with one attached hydrogen (secondary N) is 1. The first kappa shape index (κ1) is 12.9. The third kappa shape index (κ3) is 2.47. The van der Waals surface area contributed by atoms with Crippen molar-refractivity contribution in [3.63, 3.8) is 0 Å². The van der Waals surface area contributed by atoms with Crippen LogP contribution in [0.3, 0.4) is 0 Å². The smallest absolute Gasteiger partial charge is 0.255 e. The maximum absolute atomic E-state index is 13.1. The zero-order valence-electron chi connectivity index (χ0n) is 10.7. The summed E-state index contributed by atoms with van der Waals surface area (Å²) in [5.74, 6) is -1.12. The molecule has 1 fully saturated rings. The lowest BCUT2D eigenvalue weighted by molar-refractivity contribution is 0.0907. The van der Waals surface area contributed by atoms with Crippen LogP contribution < -0.4 is 5.32 Å². The van der Waals surface area contributed by atoms with Crippen molar-refractivity contribution < 1.29 is 14.3 Å². The number of phenolic OH excluding ortho intramolecular Hbond substituents is 1. The lowest BCUT2D eigenvalue weighted by Gasteiger charge is -2.27. The normalized spacial score (nSPS) is 21.8. The minimum absolute atomic E-state index is 0.00213. The van der Waals surface area contributed by atoms with Crippen LogP contribution in [0.15, 0.2) is 18.2 Å². The minimum Gasteiger partial charge on any atom is -0.507 e. The monoisotopic (exact) mass is 251 g/mol. The molecule has 1 aromatic rings. The quantitative estimate of drug-likeness (QED) is 0.849. The van der Waals surface area contributed by atoms with E-state index >= 15 is 0 Å². The maximum Gasteiger partial charge on any atom is 0.255 e. The second-order valence-corrected chi connectivity index (χ2v) is 5.57. The van der Waals surface area contributed by atoms with E-state index < -0.39 is 11.7 Å². The Morgan fingerprint density at radius 2 is 2.22 bits per heavy atom. The Kier molecular flexibility index (Phi) is 3.28. The topological polar surface area (TPSA) is 49.3 Å². The van der Waals surface area contributed by atoms with Gasteiger partial charge in [0.15, 0.2) is 0 Å². The van der Waals surface area contributed by atoms with Crippen molar-refractivity contribution in [2.24, 2.45) is 5.41 Å². The minimum atomic E-state index is -0.524. The van der Waals surface area contributed by atoms with Gasteiger partial charge in [0.1, 0.15) is 11.6 Å².